The summed E-state index contributed by atoms with van der Waals surface area (Å²) in [6, 6.07) is 5.89. The second-order valence-corrected chi connectivity index (χ2v) is 4.17. The van der Waals surface area contributed by atoms with Crippen LogP contribution in [0.25, 0.3) is 0 Å². The third kappa shape index (κ3) is 4.27. The Balaban J connectivity index is 2.60. The number of aliphatic hydroxyl groups excluding tert-OH is 1. The maximum atomic E-state index is 9.68. The van der Waals surface area contributed by atoms with Gasteiger partial charge in [-0.2, -0.15) is 0 Å². The third-order valence-electron chi connectivity index (χ3n) is 2.84. The molecule has 0 aliphatic carbocycles. The van der Waals surface area contributed by atoms with Crippen LogP contribution in [0.4, 0.5) is 0 Å². The van der Waals surface area contributed by atoms with Crippen molar-refractivity contribution in [2.45, 2.75) is 38.7 Å². The van der Waals surface area contributed by atoms with E-state index >= 15 is 0 Å². The van der Waals surface area contributed by atoms with Gasteiger partial charge in [-0.25, -0.2) is 0 Å². The van der Waals surface area contributed by atoms with Crippen molar-refractivity contribution in [3.8, 4) is 11.5 Å². The van der Waals surface area contributed by atoms with Crippen molar-refractivity contribution in [2.24, 2.45) is 0 Å². The first-order valence-electron chi connectivity index (χ1n) is 6.10. The van der Waals surface area contributed by atoms with Gasteiger partial charge in [-0.15, -0.1) is 0 Å². The molecule has 1 aromatic carbocycles. The quantitative estimate of drug-likeness (QED) is 0.794. The number of rotatable bonds is 7. The number of aryl methyl sites for hydroxylation is 1. The topological polar surface area (TPSA) is 38.7 Å². The van der Waals surface area contributed by atoms with Gasteiger partial charge in [0.1, 0.15) is 0 Å². The number of hydrogen-bond acceptors (Lipinski definition) is 3. The SMILES string of the molecule is CCCC(O)CCc1ccc(OC)c(OC)c1. The number of benzene rings is 1. The lowest BCUT2D eigenvalue weighted by molar-refractivity contribution is 0.154. The zero-order chi connectivity index (χ0) is 12.7. The lowest BCUT2D eigenvalue weighted by Crippen LogP contribution is -2.07. The van der Waals surface area contributed by atoms with Crippen LogP contribution < -0.4 is 9.47 Å². The van der Waals surface area contributed by atoms with Crippen LogP contribution in [0.2, 0.25) is 0 Å². The first-order valence-corrected chi connectivity index (χ1v) is 6.10. The predicted octanol–water partition coefficient (Wildman–Crippen LogP) is 2.80. The maximum absolute atomic E-state index is 9.68. The van der Waals surface area contributed by atoms with E-state index in [1.165, 1.54) is 0 Å². The highest BCUT2D eigenvalue weighted by Gasteiger charge is 2.07. The molecule has 3 nitrogen and oxygen atoms in total. The van der Waals surface area contributed by atoms with Crippen molar-refractivity contribution in [1.82, 2.24) is 0 Å². The molecule has 0 saturated heterocycles. The van der Waals surface area contributed by atoms with Crippen molar-refractivity contribution >= 4 is 0 Å². The predicted molar refractivity (Wildman–Crippen MR) is 68.8 cm³/mol. The fraction of sp³-hybridized carbons (Fsp3) is 0.571. The zero-order valence-corrected chi connectivity index (χ0v) is 10.9. The molecule has 0 amide bonds. The van der Waals surface area contributed by atoms with Crippen molar-refractivity contribution in [3.05, 3.63) is 23.8 Å². The molecule has 0 spiro atoms. The number of ether oxygens (including phenoxy) is 2. The zero-order valence-electron chi connectivity index (χ0n) is 10.9. The molecule has 0 aliphatic heterocycles. The van der Waals surface area contributed by atoms with E-state index in [1.807, 2.05) is 18.2 Å². The molecule has 3 heteroatoms. The Bertz CT molecular complexity index is 336. The molecule has 0 heterocycles. The number of hydrogen-bond donors (Lipinski definition) is 1. The van der Waals surface area contributed by atoms with Gasteiger partial charge in [-0.3, -0.25) is 0 Å². The van der Waals surface area contributed by atoms with E-state index in [1.54, 1.807) is 14.2 Å². The molecule has 0 radical (unpaired) electrons. The molecule has 0 aromatic heterocycles. The van der Waals surface area contributed by atoms with E-state index in [-0.39, 0.29) is 6.10 Å². The minimum atomic E-state index is -0.201. The molecular formula is C14H22O3. The van der Waals surface area contributed by atoms with E-state index in [2.05, 4.69) is 6.92 Å². The normalized spacial score (nSPS) is 12.2. The number of aliphatic hydroxyl groups is 1. The van der Waals surface area contributed by atoms with E-state index in [4.69, 9.17) is 9.47 Å². The van der Waals surface area contributed by atoms with Crippen molar-refractivity contribution < 1.29 is 14.6 Å². The summed E-state index contributed by atoms with van der Waals surface area (Å²) in [6.45, 7) is 2.08. The van der Waals surface area contributed by atoms with Gasteiger partial charge < -0.3 is 14.6 Å². The standard InChI is InChI=1S/C14H22O3/c1-4-5-12(15)8-6-11-7-9-13(16-2)14(10-11)17-3/h7,9-10,12,15H,4-6,8H2,1-3H3. The average molecular weight is 238 g/mol. The minimum absolute atomic E-state index is 0.201. The van der Waals surface area contributed by atoms with Crippen LogP contribution in [0, 0.1) is 0 Å². The van der Waals surface area contributed by atoms with Crippen molar-refractivity contribution in [1.29, 1.82) is 0 Å². The Morgan fingerprint density at radius 2 is 1.82 bits per heavy atom. The summed E-state index contributed by atoms with van der Waals surface area (Å²) < 4.78 is 10.4. The van der Waals surface area contributed by atoms with Gasteiger partial charge in [0.15, 0.2) is 11.5 Å². The molecule has 17 heavy (non-hydrogen) atoms. The molecule has 0 saturated carbocycles. The summed E-state index contributed by atoms with van der Waals surface area (Å²) in [7, 11) is 3.26. The lowest BCUT2D eigenvalue weighted by atomic mass is 10.0. The summed E-state index contributed by atoms with van der Waals surface area (Å²) >= 11 is 0. The van der Waals surface area contributed by atoms with Gasteiger partial charge in [0.05, 0.1) is 20.3 Å². The Hall–Kier alpha value is -1.22. The van der Waals surface area contributed by atoms with E-state index < -0.39 is 0 Å². The highest BCUT2D eigenvalue weighted by atomic mass is 16.5. The third-order valence-corrected chi connectivity index (χ3v) is 2.84. The van der Waals surface area contributed by atoms with Crippen LogP contribution in [-0.2, 0) is 6.42 Å². The summed E-state index contributed by atoms with van der Waals surface area (Å²) in [5.74, 6) is 1.49. The Labute approximate surface area is 103 Å². The first kappa shape index (κ1) is 13.8. The van der Waals surface area contributed by atoms with Gasteiger partial charge >= 0.3 is 0 Å². The van der Waals surface area contributed by atoms with Gasteiger partial charge in [0, 0.05) is 0 Å². The summed E-state index contributed by atoms with van der Waals surface area (Å²) in [5.41, 5.74) is 1.16. The fourth-order valence-electron chi connectivity index (χ4n) is 1.85. The van der Waals surface area contributed by atoms with E-state index in [0.29, 0.717) is 0 Å². The van der Waals surface area contributed by atoms with Crippen molar-refractivity contribution in [2.75, 3.05) is 14.2 Å². The average Bonchev–Trinajstić information content (AvgIpc) is 2.36. The van der Waals surface area contributed by atoms with Crippen LogP contribution in [0.15, 0.2) is 18.2 Å². The second-order valence-electron chi connectivity index (χ2n) is 4.17. The largest absolute Gasteiger partial charge is 0.493 e. The molecule has 1 atom stereocenters. The van der Waals surface area contributed by atoms with Gasteiger partial charge in [-0.05, 0) is 37.0 Å². The lowest BCUT2D eigenvalue weighted by Gasteiger charge is -2.11. The van der Waals surface area contributed by atoms with Gasteiger partial charge in [0.25, 0.3) is 0 Å². The molecule has 96 valence electrons. The van der Waals surface area contributed by atoms with Crippen LogP contribution in [0.3, 0.4) is 0 Å². The van der Waals surface area contributed by atoms with Crippen LogP contribution >= 0.6 is 0 Å². The minimum Gasteiger partial charge on any atom is -0.493 e. The molecule has 1 N–H and O–H groups in total. The highest BCUT2D eigenvalue weighted by Crippen LogP contribution is 2.28. The monoisotopic (exact) mass is 238 g/mol. The Kier molecular flexibility index (Phi) is 5.84. The summed E-state index contributed by atoms with van der Waals surface area (Å²) in [6.07, 6.45) is 3.35. The number of methoxy groups -OCH3 is 2. The molecule has 1 unspecified atom stereocenters. The maximum Gasteiger partial charge on any atom is 0.160 e. The first-order chi connectivity index (χ1) is 8.21. The highest BCUT2D eigenvalue weighted by molar-refractivity contribution is 5.42. The summed E-state index contributed by atoms with van der Waals surface area (Å²) in [5, 5.41) is 9.68. The van der Waals surface area contributed by atoms with Crippen molar-refractivity contribution in [3.63, 3.8) is 0 Å². The molecule has 1 aromatic rings. The Morgan fingerprint density at radius 3 is 2.41 bits per heavy atom. The van der Waals surface area contributed by atoms with Crippen LogP contribution in [-0.4, -0.2) is 25.4 Å². The second kappa shape index (κ2) is 7.17. The molecule has 1 rings (SSSR count). The van der Waals surface area contributed by atoms with Crippen LogP contribution in [0.1, 0.15) is 31.7 Å². The molecule has 0 bridgehead atoms. The molecule has 0 aliphatic rings. The van der Waals surface area contributed by atoms with E-state index in [0.717, 1.165) is 42.7 Å². The summed E-state index contributed by atoms with van der Waals surface area (Å²) in [4.78, 5) is 0. The Morgan fingerprint density at radius 1 is 1.12 bits per heavy atom. The van der Waals surface area contributed by atoms with E-state index in [9.17, 15) is 5.11 Å². The smallest absolute Gasteiger partial charge is 0.160 e. The fourth-order valence-corrected chi connectivity index (χ4v) is 1.85. The molecular weight excluding hydrogens is 216 g/mol. The van der Waals surface area contributed by atoms with Gasteiger partial charge in [0.2, 0.25) is 0 Å². The van der Waals surface area contributed by atoms with Gasteiger partial charge in [-0.1, -0.05) is 19.4 Å². The molecule has 0 fully saturated rings. The van der Waals surface area contributed by atoms with Crippen LogP contribution in [0.5, 0.6) is 11.5 Å².